The van der Waals surface area contributed by atoms with Crippen LogP contribution >= 0.6 is 0 Å². The molecule has 90 valence electrons. The molecule has 0 atom stereocenters. The average molecular weight is 241 g/mol. The fourth-order valence-corrected chi connectivity index (χ4v) is 1.59. The maximum Gasteiger partial charge on any atom is 0.167 e. The summed E-state index contributed by atoms with van der Waals surface area (Å²) in [7, 11) is 0. The SMILES string of the molecule is Cc1ccc(C)c(Oc2ccc(C#N)cc2F)c1. The van der Waals surface area contributed by atoms with Gasteiger partial charge in [-0.25, -0.2) is 4.39 Å². The van der Waals surface area contributed by atoms with Crippen LogP contribution in [-0.4, -0.2) is 0 Å². The van der Waals surface area contributed by atoms with Gasteiger partial charge in [0.1, 0.15) is 5.75 Å². The Hall–Kier alpha value is -2.34. The van der Waals surface area contributed by atoms with Gasteiger partial charge in [0.2, 0.25) is 0 Å². The standard InChI is InChI=1S/C15H12FNO/c1-10-3-4-11(2)15(7-10)18-14-6-5-12(9-17)8-13(14)16/h3-8H,1-2H3. The highest BCUT2D eigenvalue weighted by molar-refractivity contribution is 5.42. The van der Waals surface area contributed by atoms with Gasteiger partial charge in [-0.05, 0) is 49.2 Å². The molecule has 0 bridgehead atoms. The van der Waals surface area contributed by atoms with Crippen molar-refractivity contribution in [1.29, 1.82) is 5.26 Å². The van der Waals surface area contributed by atoms with Gasteiger partial charge in [-0.2, -0.15) is 5.26 Å². The maximum atomic E-state index is 13.7. The van der Waals surface area contributed by atoms with E-state index in [1.165, 1.54) is 18.2 Å². The smallest absolute Gasteiger partial charge is 0.167 e. The molecule has 0 amide bonds. The lowest BCUT2D eigenvalue weighted by atomic mass is 10.1. The summed E-state index contributed by atoms with van der Waals surface area (Å²) in [4.78, 5) is 0. The number of nitriles is 1. The lowest BCUT2D eigenvalue weighted by Crippen LogP contribution is -1.92. The third kappa shape index (κ3) is 2.49. The van der Waals surface area contributed by atoms with E-state index in [4.69, 9.17) is 10.00 Å². The summed E-state index contributed by atoms with van der Waals surface area (Å²) in [6.45, 7) is 3.85. The summed E-state index contributed by atoms with van der Waals surface area (Å²) < 4.78 is 19.2. The highest BCUT2D eigenvalue weighted by Crippen LogP contribution is 2.28. The fraction of sp³-hybridized carbons (Fsp3) is 0.133. The Morgan fingerprint density at radius 1 is 1.06 bits per heavy atom. The first-order valence-corrected chi connectivity index (χ1v) is 5.55. The molecule has 0 fully saturated rings. The predicted octanol–water partition coefficient (Wildman–Crippen LogP) is 4.11. The number of benzene rings is 2. The minimum Gasteiger partial charge on any atom is -0.454 e. The van der Waals surface area contributed by atoms with Gasteiger partial charge in [-0.15, -0.1) is 0 Å². The number of halogens is 1. The first kappa shape index (κ1) is 12.1. The molecular weight excluding hydrogens is 229 g/mol. The number of ether oxygens (including phenoxy) is 1. The van der Waals surface area contributed by atoms with E-state index in [9.17, 15) is 4.39 Å². The summed E-state index contributed by atoms with van der Waals surface area (Å²) in [5.74, 6) is 0.219. The third-order valence-electron chi connectivity index (χ3n) is 2.62. The quantitative estimate of drug-likeness (QED) is 0.792. The van der Waals surface area contributed by atoms with Crippen LogP contribution in [0.15, 0.2) is 36.4 Å². The summed E-state index contributed by atoms with van der Waals surface area (Å²) in [6.07, 6.45) is 0. The molecule has 2 aromatic rings. The van der Waals surface area contributed by atoms with Crippen molar-refractivity contribution in [3.63, 3.8) is 0 Å². The molecule has 0 aliphatic heterocycles. The molecule has 2 nitrogen and oxygen atoms in total. The van der Waals surface area contributed by atoms with Crippen LogP contribution in [0.2, 0.25) is 0 Å². The zero-order valence-corrected chi connectivity index (χ0v) is 10.2. The van der Waals surface area contributed by atoms with Crippen molar-refractivity contribution in [2.75, 3.05) is 0 Å². The van der Waals surface area contributed by atoms with E-state index in [1.807, 2.05) is 38.1 Å². The van der Waals surface area contributed by atoms with Crippen molar-refractivity contribution in [2.45, 2.75) is 13.8 Å². The molecule has 3 heteroatoms. The van der Waals surface area contributed by atoms with Gasteiger partial charge in [0.15, 0.2) is 11.6 Å². The van der Waals surface area contributed by atoms with Crippen LogP contribution in [-0.2, 0) is 0 Å². The molecule has 0 saturated carbocycles. The number of hydrogen-bond acceptors (Lipinski definition) is 2. The molecule has 0 heterocycles. The second-order valence-corrected chi connectivity index (χ2v) is 4.13. The maximum absolute atomic E-state index is 13.7. The van der Waals surface area contributed by atoms with Gasteiger partial charge in [-0.3, -0.25) is 0 Å². The molecule has 0 radical (unpaired) electrons. The second-order valence-electron chi connectivity index (χ2n) is 4.13. The molecular formula is C15H12FNO. The van der Waals surface area contributed by atoms with Gasteiger partial charge >= 0.3 is 0 Å². The Morgan fingerprint density at radius 2 is 1.83 bits per heavy atom. The van der Waals surface area contributed by atoms with Crippen LogP contribution < -0.4 is 4.74 Å². The molecule has 0 aliphatic carbocycles. The summed E-state index contributed by atoms with van der Waals surface area (Å²) >= 11 is 0. The van der Waals surface area contributed by atoms with Crippen LogP contribution in [0.1, 0.15) is 16.7 Å². The van der Waals surface area contributed by atoms with E-state index in [0.29, 0.717) is 5.75 Å². The summed E-state index contributed by atoms with van der Waals surface area (Å²) in [5.41, 5.74) is 2.26. The molecule has 0 aliphatic rings. The zero-order chi connectivity index (χ0) is 13.1. The van der Waals surface area contributed by atoms with E-state index in [-0.39, 0.29) is 11.3 Å². The zero-order valence-electron chi connectivity index (χ0n) is 10.2. The number of hydrogen-bond donors (Lipinski definition) is 0. The molecule has 0 N–H and O–H groups in total. The first-order chi connectivity index (χ1) is 8.60. The second kappa shape index (κ2) is 4.89. The Morgan fingerprint density at radius 3 is 2.50 bits per heavy atom. The van der Waals surface area contributed by atoms with Crippen LogP contribution in [0.3, 0.4) is 0 Å². The molecule has 0 saturated heterocycles. The van der Waals surface area contributed by atoms with Crippen molar-refractivity contribution in [3.8, 4) is 17.6 Å². The number of aryl methyl sites for hydroxylation is 2. The van der Waals surface area contributed by atoms with Gasteiger partial charge in [0, 0.05) is 0 Å². The van der Waals surface area contributed by atoms with Crippen LogP contribution in [0.4, 0.5) is 4.39 Å². The van der Waals surface area contributed by atoms with Gasteiger partial charge in [-0.1, -0.05) is 12.1 Å². The van der Waals surface area contributed by atoms with Crippen molar-refractivity contribution in [1.82, 2.24) is 0 Å². The van der Waals surface area contributed by atoms with Crippen LogP contribution in [0.25, 0.3) is 0 Å². The summed E-state index contributed by atoms with van der Waals surface area (Å²) in [5, 5.41) is 8.67. The van der Waals surface area contributed by atoms with Gasteiger partial charge in [0.25, 0.3) is 0 Å². The topological polar surface area (TPSA) is 33.0 Å². The summed E-state index contributed by atoms with van der Waals surface area (Å²) in [6, 6.07) is 11.8. The Balaban J connectivity index is 2.34. The number of nitrogens with zero attached hydrogens (tertiary/aromatic N) is 1. The Bertz CT molecular complexity index is 629. The molecule has 0 spiro atoms. The molecule has 0 aromatic heterocycles. The van der Waals surface area contributed by atoms with Crippen LogP contribution in [0.5, 0.6) is 11.5 Å². The van der Waals surface area contributed by atoms with Crippen molar-refractivity contribution in [3.05, 3.63) is 58.9 Å². The highest BCUT2D eigenvalue weighted by atomic mass is 19.1. The minimum atomic E-state index is -0.532. The van der Waals surface area contributed by atoms with E-state index in [0.717, 1.165) is 11.1 Å². The van der Waals surface area contributed by atoms with E-state index >= 15 is 0 Å². The average Bonchev–Trinajstić information content (AvgIpc) is 2.36. The van der Waals surface area contributed by atoms with Crippen molar-refractivity contribution in [2.24, 2.45) is 0 Å². The minimum absolute atomic E-state index is 0.128. The van der Waals surface area contributed by atoms with E-state index < -0.39 is 5.82 Å². The third-order valence-corrected chi connectivity index (χ3v) is 2.62. The molecule has 2 aromatic carbocycles. The lowest BCUT2D eigenvalue weighted by molar-refractivity contribution is 0.439. The first-order valence-electron chi connectivity index (χ1n) is 5.55. The monoisotopic (exact) mass is 241 g/mol. The van der Waals surface area contributed by atoms with E-state index in [1.54, 1.807) is 0 Å². The number of rotatable bonds is 2. The molecule has 0 unspecified atom stereocenters. The van der Waals surface area contributed by atoms with Crippen LogP contribution in [0, 0.1) is 31.0 Å². The van der Waals surface area contributed by atoms with Crippen molar-refractivity contribution < 1.29 is 9.13 Å². The van der Waals surface area contributed by atoms with Gasteiger partial charge in [0.05, 0.1) is 11.6 Å². The Kier molecular flexibility index (Phi) is 3.29. The molecule has 18 heavy (non-hydrogen) atoms. The van der Waals surface area contributed by atoms with Crippen molar-refractivity contribution >= 4 is 0 Å². The fourth-order valence-electron chi connectivity index (χ4n) is 1.59. The van der Waals surface area contributed by atoms with Gasteiger partial charge < -0.3 is 4.74 Å². The highest BCUT2D eigenvalue weighted by Gasteiger charge is 2.08. The largest absolute Gasteiger partial charge is 0.454 e. The molecule has 2 rings (SSSR count). The van der Waals surface area contributed by atoms with E-state index in [2.05, 4.69) is 0 Å². The predicted molar refractivity (Wildman–Crippen MR) is 67.1 cm³/mol. The normalized spacial score (nSPS) is 9.89. The lowest BCUT2D eigenvalue weighted by Gasteiger charge is -2.10. The Labute approximate surface area is 105 Å².